The molecule has 0 radical (unpaired) electrons. The third-order valence-electron chi connectivity index (χ3n) is 5.16. The lowest BCUT2D eigenvalue weighted by Crippen LogP contribution is -2.43. The lowest BCUT2D eigenvalue weighted by molar-refractivity contribution is 0.0882. The highest BCUT2D eigenvalue weighted by Crippen LogP contribution is 2.30. The second-order valence-corrected chi connectivity index (χ2v) is 6.67. The normalized spacial score (nSPS) is 23.7. The predicted octanol–water partition coefficient (Wildman–Crippen LogP) is 3.44. The largest absolute Gasteiger partial charge is 0.493 e. The highest BCUT2D eigenvalue weighted by atomic mass is 16.5. The van der Waals surface area contributed by atoms with E-state index < -0.39 is 0 Å². The maximum Gasteiger partial charge on any atom is 0.275 e. The summed E-state index contributed by atoms with van der Waals surface area (Å²) in [6.45, 7) is 4.47. The number of para-hydroxylation sites is 1. The molecule has 2 aromatic rings. The number of aromatic nitrogens is 2. The molecule has 5 heteroatoms. The molecule has 1 aromatic carbocycles. The Kier molecular flexibility index (Phi) is 4.88. The van der Waals surface area contributed by atoms with Gasteiger partial charge in [-0.15, -0.1) is 0 Å². The summed E-state index contributed by atoms with van der Waals surface area (Å²) >= 11 is 0. The summed E-state index contributed by atoms with van der Waals surface area (Å²) < 4.78 is 7.04. The predicted molar refractivity (Wildman–Crippen MR) is 93.5 cm³/mol. The van der Waals surface area contributed by atoms with E-state index in [0.717, 1.165) is 18.5 Å². The van der Waals surface area contributed by atoms with Crippen LogP contribution in [-0.4, -0.2) is 28.8 Å². The zero-order valence-corrected chi connectivity index (χ0v) is 14.5. The number of amides is 1. The summed E-state index contributed by atoms with van der Waals surface area (Å²) in [5.41, 5.74) is 1.24. The number of rotatable bonds is 4. The Bertz CT molecular complexity index is 696. The van der Waals surface area contributed by atoms with E-state index in [9.17, 15) is 4.79 Å². The summed E-state index contributed by atoms with van der Waals surface area (Å²) in [4.78, 5) is 12.7. The molecule has 1 aromatic heterocycles. The highest BCUT2D eigenvalue weighted by molar-refractivity contribution is 5.95. The van der Waals surface area contributed by atoms with Crippen molar-refractivity contribution in [2.24, 2.45) is 11.8 Å². The number of carbonyl (C=O) groups is 1. The van der Waals surface area contributed by atoms with Crippen LogP contribution in [0.5, 0.6) is 5.75 Å². The van der Waals surface area contributed by atoms with Crippen molar-refractivity contribution in [2.45, 2.75) is 39.2 Å². The molecular weight excluding hydrogens is 302 g/mol. The number of nitrogens with zero attached hydrogens (tertiary/aromatic N) is 2. The van der Waals surface area contributed by atoms with Gasteiger partial charge in [0.25, 0.3) is 5.91 Å². The number of methoxy groups -OCH3 is 1. The van der Waals surface area contributed by atoms with Crippen LogP contribution in [0.2, 0.25) is 0 Å². The van der Waals surface area contributed by atoms with Crippen molar-refractivity contribution in [3.63, 3.8) is 0 Å². The molecule has 1 aliphatic carbocycles. The summed E-state index contributed by atoms with van der Waals surface area (Å²) in [6, 6.07) is 9.91. The first-order valence-electron chi connectivity index (χ1n) is 8.60. The van der Waals surface area contributed by atoms with E-state index in [1.807, 2.05) is 30.3 Å². The van der Waals surface area contributed by atoms with Gasteiger partial charge in [0.05, 0.1) is 19.0 Å². The maximum absolute atomic E-state index is 12.7. The number of carbonyl (C=O) groups excluding carboxylic acids is 1. The molecule has 1 heterocycles. The third-order valence-corrected chi connectivity index (χ3v) is 5.16. The van der Waals surface area contributed by atoms with Gasteiger partial charge in [-0.25, -0.2) is 4.68 Å². The SMILES string of the molecule is COc1cn(-c2ccccc2)nc1C(=O)NC1CCCC(C)C1C. The van der Waals surface area contributed by atoms with Crippen molar-refractivity contribution < 1.29 is 9.53 Å². The van der Waals surface area contributed by atoms with E-state index in [2.05, 4.69) is 24.3 Å². The van der Waals surface area contributed by atoms with Gasteiger partial charge in [-0.2, -0.15) is 5.10 Å². The smallest absolute Gasteiger partial charge is 0.275 e. The van der Waals surface area contributed by atoms with Gasteiger partial charge in [-0.3, -0.25) is 4.79 Å². The molecule has 1 saturated carbocycles. The fourth-order valence-corrected chi connectivity index (χ4v) is 3.40. The van der Waals surface area contributed by atoms with Gasteiger partial charge < -0.3 is 10.1 Å². The molecular formula is C19H25N3O2. The standard InChI is InChI=1S/C19H25N3O2/c1-13-8-7-11-16(14(13)2)20-19(23)18-17(24-3)12-22(21-18)15-9-5-4-6-10-15/h4-6,9-10,12-14,16H,7-8,11H2,1-3H3,(H,20,23). The Labute approximate surface area is 143 Å². The first-order valence-corrected chi connectivity index (χ1v) is 8.60. The molecule has 1 amide bonds. The van der Waals surface area contributed by atoms with Gasteiger partial charge in [0.1, 0.15) is 0 Å². The molecule has 0 spiro atoms. The van der Waals surface area contributed by atoms with E-state index in [1.54, 1.807) is 18.0 Å². The lowest BCUT2D eigenvalue weighted by atomic mass is 9.78. The third kappa shape index (κ3) is 3.30. The Hall–Kier alpha value is -2.30. The second kappa shape index (κ2) is 7.07. The van der Waals surface area contributed by atoms with Crippen molar-refractivity contribution in [3.05, 3.63) is 42.2 Å². The van der Waals surface area contributed by atoms with E-state index in [4.69, 9.17) is 4.74 Å². The Balaban J connectivity index is 1.80. The summed E-state index contributed by atoms with van der Waals surface area (Å²) in [7, 11) is 1.56. The molecule has 3 rings (SSSR count). The van der Waals surface area contributed by atoms with Crippen molar-refractivity contribution in [1.29, 1.82) is 0 Å². The van der Waals surface area contributed by atoms with E-state index >= 15 is 0 Å². The minimum atomic E-state index is -0.160. The van der Waals surface area contributed by atoms with Crippen LogP contribution >= 0.6 is 0 Å². The molecule has 3 unspecified atom stereocenters. The zero-order chi connectivity index (χ0) is 17.1. The summed E-state index contributed by atoms with van der Waals surface area (Å²) in [6.07, 6.45) is 5.17. The number of benzene rings is 1. The summed E-state index contributed by atoms with van der Waals surface area (Å²) in [5, 5.41) is 7.60. The maximum atomic E-state index is 12.7. The highest BCUT2D eigenvalue weighted by Gasteiger charge is 2.30. The molecule has 128 valence electrons. The average Bonchev–Trinajstić information content (AvgIpc) is 3.04. The minimum Gasteiger partial charge on any atom is -0.493 e. The molecule has 0 bridgehead atoms. The van der Waals surface area contributed by atoms with Crippen LogP contribution in [0.15, 0.2) is 36.5 Å². The number of hydrogen-bond donors (Lipinski definition) is 1. The Morgan fingerprint density at radius 1 is 1.25 bits per heavy atom. The van der Waals surface area contributed by atoms with Crippen LogP contribution in [0.25, 0.3) is 5.69 Å². The van der Waals surface area contributed by atoms with Crippen molar-refractivity contribution in [3.8, 4) is 11.4 Å². The van der Waals surface area contributed by atoms with Gasteiger partial charge in [-0.1, -0.05) is 44.9 Å². The molecule has 3 atom stereocenters. The molecule has 24 heavy (non-hydrogen) atoms. The number of ether oxygens (including phenoxy) is 1. The van der Waals surface area contributed by atoms with Crippen LogP contribution in [0.4, 0.5) is 0 Å². The van der Waals surface area contributed by atoms with Crippen LogP contribution in [0.3, 0.4) is 0 Å². The van der Waals surface area contributed by atoms with E-state index in [1.165, 1.54) is 6.42 Å². The molecule has 0 saturated heterocycles. The van der Waals surface area contributed by atoms with Gasteiger partial charge in [0.2, 0.25) is 0 Å². The van der Waals surface area contributed by atoms with Crippen molar-refractivity contribution in [1.82, 2.24) is 15.1 Å². The van der Waals surface area contributed by atoms with Crippen LogP contribution in [0.1, 0.15) is 43.6 Å². The molecule has 1 N–H and O–H groups in total. The number of hydrogen-bond acceptors (Lipinski definition) is 3. The number of nitrogens with one attached hydrogen (secondary N) is 1. The molecule has 1 aliphatic rings. The van der Waals surface area contributed by atoms with Crippen LogP contribution in [-0.2, 0) is 0 Å². The van der Waals surface area contributed by atoms with E-state index in [-0.39, 0.29) is 11.9 Å². The first kappa shape index (κ1) is 16.6. The average molecular weight is 327 g/mol. The summed E-state index contributed by atoms with van der Waals surface area (Å²) in [5.74, 6) is 1.44. The monoisotopic (exact) mass is 327 g/mol. The molecule has 1 fully saturated rings. The van der Waals surface area contributed by atoms with Crippen LogP contribution < -0.4 is 10.1 Å². The Morgan fingerprint density at radius 3 is 2.71 bits per heavy atom. The molecule has 5 nitrogen and oxygen atoms in total. The van der Waals surface area contributed by atoms with Gasteiger partial charge in [-0.05, 0) is 30.4 Å². The molecule has 0 aliphatic heterocycles. The first-order chi connectivity index (χ1) is 11.6. The fourth-order valence-electron chi connectivity index (χ4n) is 3.40. The topological polar surface area (TPSA) is 56.2 Å². The second-order valence-electron chi connectivity index (χ2n) is 6.67. The van der Waals surface area contributed by atoms with Crippen molar-refractivity contribution >= 4 is 5.91 Å². The Morgan fingerprint density at radius 2 is 2.00 bits per heavy atom. The lowest BCUT2D eigenvalue weighted by Gasteiger charge is -2.34. The van der Waals surface area contributed by atoms with Gasteiger partial charge >= 0.3 is 0 Å². The fraction of sp³-hybridized carbons (Fsp3) is 0.474. The van der Waals surface area contributed by atoms with Crippen LogP contribution in [0, 0.1) is 11.8 Å². The van der Waals surface area contributed by atoms with E-state index in [0.29, 0.717) is 23.3 Å². The van der Waals surface area contributed by atoms with Gasteiger partial charge in [0.15, 0.2) is 11.4 Å². The van der Waals surface area contributed by atoms with Crippen molar-refractivity contribution in [2.75, 3.05) is 7.11 Å². The zero-order valence-electron chi connectivity index (χ0n) is 14.5. The quantitative estimate of drug-likeness (QED) is 0.936. The van der Waals surface area contributed by atoms with Gasteiger partial charge in [0, 0.05) is 6.04 Å². The minimum absolute atomic E-state index is 0.160.